The van der Waals surface area contributed by atoms with Gasteiger partial charge in [-0.3, -0.25) is 4.79 Å². The van der Waals surface area contributed by atoms with Gasteiger partial charge < -0.3 is 9.88 Å². The van der Waals surface area contributed by atoms with Crippen molar-refractivity contribution in [2.45, 2.75) is 19.9 Å². The highest BCUT2D eigenvalue weighted by Crippen LogP contribution is 2.28. The molecule has 1 N–H and O–H groups in total. The second-order valence-corrected chi connectivity index (χ2v) is 5.59. The standard InChI is InChI=1S/C17H16N4O/c1-11-18-8-6-16(19-11)17(22)21-9-7-15-13(10-21)12-4-2-3-5-14(12)20-15/h2-6,8,20H,7,9-10H2,1H3. The van der Waals surface area contributed by atoms with Crippen LogP contribution >= 0.6 is 0 Å². The van der Waals surface area contributed by atoms with Crippen LogP contribution in [-0.2, 0) is 13.0 Å². The highest BCUT2D eigenvalue weighted by atomic mass is 16.2. The Bertz CT molecular complexity index is 868. The summed E-state index contributed by atoms with van der Waals surface area (Å²) in [5, 5.41) is 1.20. The number of nitrogens with zero attached hydrogens (tertiary/aromatic N) is 3. The Morgan fingerprint density at radius 3 is 3.00 bits per heavy atom. The average molecular weight is 292 g/mol. The molecule has 1 aliphatic rings. The molecule has 0 atom stereocenters. The molecule has 1 aromatic carbocycles. The fourth-order valence-corrected chi connectivity index (χ4v) is 3.08. The fourth-order valence-electron chi connectivity index (χ4n) is 3.08. The normalized spacial score (nSPS) is 14.1. The van der Waals surface area contributed by atoms with E-state index < -0.39 is 0 Å². The van der Waals surface area contributed by atoms with Crippen LogP contribution in [0.3, 0.4) is 0 Å². The lowest BCUT2D eigenvalue weighted by molar-refractivity contribution is 0.0728. The van der Waals surface area contributed by atoms with Gasteiger partial charge in [0.05, 0.1) is 0 Å². The summed E-state index contributed by atoms with van der Waals surface area (Å²) in [6, 6.07) is 9.92. The molecule has 0 spiro atoms. The largest absolute Gasteiger partial charge is 0.358 e. The number of nitrogens with one attached hydrogen (secondary N) is 1. The quantitative estimate of drug-likeness (QED) is 0.749. The van der Waals surface area contributed by atoms with E-state index in [1.54, 1.807) is 19.2 Å². The number of fused-ring (bicyclic) bond motifs is 3. The Morgan fingerprint density at radius 2 is 2.14 bits per heavy atom. The number of carbonyl (C=O) groups is 1. The van der Waals surface area contributed by atoms with Crippen LogP contribution in [-0.4, -0.2) is 32.3 Å². The first kappa shape index (κ1) is 13.0. The molecule has 0 saturated heterocycles. The van der Waals surface area contributed by atoms with Crippen molar-refractivity contribution in [3.63, 3.8) is 0 Å². The number of hydrogen-bond donors (Lipinski definition) is 1. The minimum absolute atomic E-state index is 0.0265. The zero-order chi connectivity index (χ0) is 15.1. The van der Waals surface area contributed by atoms with Crippen molar-refractivity contribution in [3.8, 4) is 0 Å². The van der Waals surface area contributed by atoms with Crippen molar-refractivity contribution in [1.82, 2.24) is 19.9 Å². The highest BCUT2D eigenvalue weighted by Gasteiger charge is 2.25. The third-order valence-electron chi connectivity index (χ3n) is 4.17. The Labute approximate surface area is 128 Å². The summed E-state index contributed by atoms with van der Waals surface area (Å²) >= 11 is 0. The predicted molar refractivity (Wildman–Crippen MR) is 83.5 cm³/mol. The van der Waals surface area contributed by atoms with Gasteiger partial charge in [0.1, 0.15) is 11.5 Å². The second-order valence-electron chi connectivity index (χ2n) is 5.59. The molecular weight excluding hydrogens is 276 g/mol. The first-order valence-corrected chi connectivity index (χ1v) is 7.40. The third-order valence-corrected chi connectivity index (χ3v) is 4.17. The van der Waals surface area contributed by atoms with E-state index in [0.29, 0.717) is 24.6 Å². The van der Waals surface area contributed by atoms with E-state index in [0.717, 1.165) is 11.9 Å². The van der Waals surface area contributed by atoms with Gasteiger partial charge in [0.15, 0.2) is 0 Å². The molecule has 0 radical (unpaired) electrons. The maximum absolute atomic E-state index is 12.6. The van der Waals surface area contributed by atoms with Crippen LogP contribution in [0.2, 0.25) is 0 Å². The minimum Gasteiger partial charge on any atom is -0.358 e. The molecule has 3 heterocycles. The lowest BCUT2D eigenvalue weighted by Gasteiger charge is -2.27. The molecule has 110 valence electrons. The van der Waals surface area contributed by atoms with Gasteiger partial charge in [0, 0.05) is 47.9 Å². The molecule has 1 amide bonds. The Kier molecular flexibility index (Phi) is 2.92. The molecule has 0 aliphatic carbocycles. The minimum atomic E-state index is -0.0265. The number of amides is 1. The predicted octanol–water partition coefficient (Wildman–Crippen LogP) is 2.46. The summed E-state index contributed by atoms with van der Waals surface area (Å²) in [7, 11) is 0. The van der Waals surface area contributed by atoms with E-state index in [-0.39, 0.29) is 5.91 Å². The van der Waals surface area contributed by atoms with Crippen LogP contribution < -0.4 is 0 Å². The summed E-state index contributed by atoms with van der Waals surface area (Å²) < 4.78 is 0. The van der Waals surface area contributed by atoms with Crippen molar-refractivity contribution in [2.75, 3.05) is 6.54 Å². The van der Waals surface area contributed by atoms with Crippen LogP contribution in [0.25, 0.3) is 10.9 Å². The van der Waals surface area contributed by atoms with Gasteiger partial charge in [-0.05, 0) is 19.1 Å². The number of H-pyrrole nitrogens is 1. The van der Waals surface area contributed by atoms with E-state index in [2.05, 4.69) is 27.1 Å². The number of para-hydroxylation sites is 1. The first-order chi connectivity index (χ1) is 10.7. The van der Waals surface area contributed by atoms with Crippen molar-refractivity contribution in [3.05, 3.63) is 59.3 Å². The Hall–Kier alpha value is -2.69. The van der Waals surface area contributed by atoms with E-state index in [9.17, 15) is 4.79 Å². The average Bonchev–Trinajstić information content (AvgIpc) is 2.92. The molecule has 4 rings (SSSR count). The van der Waals surface area contributed by atoms with Crippen LogP contribution in [0.15, 0.2) is 36.5 Å². The molecule has 22 heavy (non-hydrogen) atoms. The van der Waals surface area contributed by atoms with Gasteiger partial charge in [-0.2, -0.15) is 0 Å². The fraction of sp³-hybridized carbons (Fsp3) is 0.235. The molecule has 0 fully saturated rings. The molecule has 5 heteroatoms. The van der Waals surface area contributed by atoms with E-state index in [4.69, 9.17) is 0 Å². The Balaban J connectivity index is 1.68. The lowest BCUT2D eigenvalue weighted by atomic mass is 10.0. The molecular formula is C17H16N4O. The van der Waals surface area contributed by atoms with Crippen molar-refractivity contribution < 1.29 is 4.79 Å². The monoisotopic (exact) mass is 292 g/mol. The third kappa shape index (κ3) is 2.06. The van der Waals surface area contributed by atoms with Crippen molar-refractivity contribution in [1.29, 1.82) is 0 Å². The van der Waals surface area contributed by atoms with Crippen LogP contribution in [0.1, 0.15) is 27.6 Å². The SMILES string of the molecule is Cc1nccc(C(=O)N2CCc3[nH]c4ccccc4c3C2)n1. The van der Waals surface area contributed by atoms with E-state index in [1.807, 2.05) is 17.0 Å². The number of carbonyl (C=O) groups excluding carboxylic acids is 1. The van der Waals surface area contributed by atoms with Crippen molar-refractivity contribution in [2.24, 2.45) is 0 Å². The Morgan fingerprint density at radius 1 is 1.27 bits per heavy atom. The molecule has 5 nitrogen and oxygen atoms in total. The van der Waals surface area contributed by atoms with Crippen LogP contribution in [0.5, 0.6) is 0 Å². The summed E-state index contributed by atoms with van der Waals surface area (Å²) in [4.78, 5) is 26.3. The first-order valence-electron chi connectivity index (χ1n) is 7.40. The molecule has 0 bridgehead atoms. The maximum atomic E-state index is 12.6. The summed E-state index contributed by atoms with van der Waals surface area (Å²) in [5.41, 5.74) is 4.07. The van der Waals surface area contributed by atoms with E-state index in [1.165, 1.54) is 16.6 Å². The number of aromatic amines is 1. The number of aryl methyl sites for hydroxylation is 1. The van der Waals surface area contributed by atoms with Gasteiger partial charge in [-0.1, -0.05) is 18.2 Å². The number of rotatable bonds is 1. The van der Waals surface area contributed by atoms with Gasteiger partial charge in [0.2, 0.25) is 0 Å². The van der Waals surface area contributed by atoms with Crippen LogP contribution in [0, 0.1) is 6.92 Å². The van der Waals surface area contributed by atoms with Gasteiger partial charge in [0.25, 0.3) is 5.91 Å². The van der Waals surface area contributed by atoms with Crippen LogP contribution in [0.4, 0.5) is 0 Å². The molecule has 0 unspecified atom stereocenters. The summed E-state index contributed by atoms with van der Waals surface area (Å²) in [5.74, 6) is 0.595. The molecule has 1 aliphatic heterocycles. The highest BCUT2D eigenvalue weighted by molar-refractivity contribution is 5.93. The van der Waals surface area contributed by atoms with Gasteiger partial charge in [-0.15, -0.1) is 0 Å². The van der Waals surface area contributed by atoms with Crippen molar-refractivity contribution >= 4 is 16.8 Å². The zero-order valence-electron chi connectivity index (χ0n) is 12.3. The number of benzene rings is 1. The molecule has 2 aromatic heterocycles. The number of aromatic nitrogens is 3. The van der Waals surface area contributed by atoms with Gasteiger partial charge >= 0.3 is 0 Å². The topological polar surface area (TPSA) is 61.9 Å². The maximum Gasteiger partial charge on any atom is 0.272 e. The summed E-state index contributed by atoms with van der Waals surface area (Å²) in [6.45, 7) is 3.13. The zero-order valence-corrected chi connectivity index (χ0v) is 12.3. The molecule has 3 aromatic rings. The lowest BCUT2D eigenvalue weighted by Crippen LogP contribution is -2.36. The van der Waals surface area contributed by atoms with Gasteiger partial charge in [-0.25, -0.2) is 9.97 Å². The van der Waals surface area contributed by atoms with E-state index >= 15 is 0 Å². The second kappa shape index (κ2) is 4.94. The smallest absolute Gasteiger partial charge is 0.272 e. The summed E-state index contributed by atoms with van der Waals surface area (Å²) in [6.07, 6.45) is 2.48. The number of hydrogen-bond acceptors (Lipinski definition) is 3. The molecule has 0 saturated carbocycles.